The van der Waals surface area contributed by atoms with Crippen LogP contribution >= 0.6 is 0 Å². The van der Waals surface area contributed by atoms with E-state index in [9.17, 15) is 4.79 Å². The van der Waals surface area contributed by atoms with Crippen LogP contribution in [-0.4, -0.2) is 24.7 Å². The Morgan fingerprint density at radius 3 is 2.88 bits per heavy atom. The first-order chi connectivity index (χ1) is 3.86. The van der Waals surface area contributed by atoms with E-state index in [4.69, 9.17) is 4.74 Å². The van der Waals surface area contributed by atoms with Crippen LogP contribution in [0, 0.1) is 0 Å². The van der Waals surface area contributed by atoms with Crippen molar-refractivity contribution in [1.29, 1.82) is 0 Å². The van der Waals surface area contributed by atoms with Gasteiger partial charge in [0.15, 0.2) is 0 Å². The number of amides is 1. The number of hydrogen-bond donors (Lipinski definition) is 1. The summed E-state index contributed by atoms with van der Waals surface area (Å²) in [5.41, 5.74) is 0. The van der Waals surface area contributed by atoms with E-state index in [1.807, 2.05) is 0 Å². The van der Waals surface area contributed by atoms with Gasteiger partial charge in [0.05, 0.1) is 12.6 Å². The zero-order chi connectivity index (χ0) is 5.56. The van der Waals surface area contributed by atoms with Crippen molar-refractivity contribution in [2.45, 2.75) is 18.6 Å². The van der Waals surface area contributed by atoms with Crippen molar-refractivity contribution < 1.29 is 9.53 Å². The van der Waals surface area contributed by atoms with Crippen LogP contribution in [0.1, 0.15) is 6.42 Å². The highest BCUT2D eigenvalue weighted by molar-refractivity contribution is 5.84. The molecule has 0 aromatic heterocycles. The Morgan fingerprint density at radius 2 is 2.62 bits per heavy atom. The Morgan fingerprint density at radius 1 is 1.75 bits per heavy atom. The van der Waals surface area contributed by atoms with Crippen molar-refractivity contribution in [2.24, 2.45) is 0 Å². The minimum atomic E-state index is -0.111. The first-order valence-corrected chi connectivity index (χ1v) is 2.78. The van der Waals surface area contributed by atoms with Crippen molar-refractivity contribution in [3.8, 4) is 0 Å². The topological polar surface area (TPSA) is 38.3 Å². The van der Waals surface area contributed by atoms with Crippen LogP contribution in [-0.2, 0) is 9.53 Å². The summed E-state index contributed by atoms with van der Waals surface area (Å²) in [7, 11) is 0. The van der Waals surface area contributed by atoms with Gasteiger partial charge in [-0.25, -0.2) is 0 Å². The van der Waals surface area contributed by atoms with Crippen LogP contribution in [0.3, 0.4) is 0 Å². The Kier molecular flexibility index (Phi) is 0.663. The molecule has 0 saturated carbocycles. The monoisotopic (exact) mass is 113 g/mol. The zero-order valence-electron chi connectivity index (χ0n) is 4.39. The van der Waals surface area contributed by atoms with E-state index >= 15 is 0 Å². The molecule has 2 atom stereocenters. The molecule has 2 unspecified atom stereocenters. The third-order valence-electron chi connectivity index (χ3n) is 1.64. The molecule has 8 heavy (non-hydrogen) atoms. The molecule has 0 aromatic rings. The summed E-state index contributed by atoms with van der Waals surface area (Å²) in [4.78, 5) is 10.6. The molecule has 44 valence electrons. The van der Waals surface area contributed by atoms with Gasteiger partial charge in [0.2, 0.25) is 5.91 Å². The summed E-state index contributed by atoms with van der Waals surface area (Å²) in [6.07, 6.45) is 0.777. The Balaban J connectivity index is 2.22. The highest BCUT2D eigenvalue weighted by atomic mass is 16.5. The van der Waals surface area contributed by atoms with Crippen molar-refractivity contribution in [3.63, 3.8) is 0 Å². The molecule has 2 bridgehead atoms. The highest BCUT2D eigenvalue weighted by Crippen LogP contribution is 2.19. The van der Waals surface area contributed by atoms with Crippen LogP contribution in [0.5, 0.6) is 0 Å². The van der Waals surface area contributed by atoms with Crippen LogP contribution in [0.2, 0.25) is 0 Å². The van der Waals surface area contributed by atoms with Crippen LogP contribution in [0.25, 0.3) is 0 Å². The van der Waals surface area contributed by atoms with Gasteiger partial charge in [-0.2, -0.15) is 0 Å². The number of carbonyl (C=O) groups is 1. The van der Waals surface area contributed by atoms with Gasteiger partial charge in [-0.05, 0) is 0 Å². The summed E-state index contributed by atoms with van der Waals surface area (Å²) < 4.78 is 5.05. The molecule has 0 radical (unpaired) electrons. The number of rotatable bonds is 0. The highest BCUT2D eigenvalue weighted by Gasteiger charge is 2.38. The van der Waals surface area contributed by atoms with Crippen LogP contribution in [0.4, 0.5) is 0 Å². The number of fused-ring (bicyclic) bond motifs is 2. The number of morpholine rings is 1. The van der Waals surface area contributed by atoms with E-state index in [0.717, 1.165) is 13.0 Å². The van der Waals surface area contributed by atoms with Gasteiger partial charge in [-0.15, -0.1) is 0 Å². The molecule has 2 fully saturated rings. The van der Waals surface area contributed by atoms with Gasteiger partial charge in [0.1, 0.15) is 6.10 Å². The number of nitrogens with one attached hydrogen (secondary N) is 1. The third kappa shape index (κ3) is 0.395. The maximum atomic E-state index is 10.6. The molecule has 2 aliphatic rings. The maximum absolute atomic E-state index is 10.6. The normalized spacial score (nSPS) is 42.8. The lowest BCUT2D eigenvalue weighted by molar-refractivity contribution is -0.131. The smallest absolute Gasteiger partial charge is 0.249 e. The molecule has 1 amide bonds. The van der Waals surface area contributed by atoms with Crippen LogP contribution in [0.15, 0.2) is 0 Å². The Bertz CT molecular complexity index is 134. The number of ether oxygens (including phenoxy) is 1. The van der Waals surface area contributed by atoms with E-state index < -0.39 is 0 Å². The average Bonchev–Trinajstić information content (AvgIpc) is 2.23. The van der Waals surface area contributed by atoms with Crippen molar-refractivity contribution in [3.05, 3.63) is 0 Å². The summed E-state index contributed by atoms with van der Waals surface area (Å²) in [5, 5.41) is 2.79. The van der Waals surface area contributed by atoms with Gasteiger partial charge in [0.25, 0.3) is 0 Å². The van der Waals surface area contributed by atoms with E-state index in [1.165, 1.54) is 0 Å². The SMILES string of the molecule is O=C1NC2COC1C2. The molecule has 2 aliphatic heterocycles. The van der Waals surface area contributed by atoms with Gasteiger partial charge < -0.3 is 10.1 Å². The summed E-state index contributed by atoms with van der Waals surface area (Å²) >= 11 is 0. The predicted molar refractivity (Wildman–Crippen MR) is 26.3 cm³/mol. The fourth-order valence-electron chi connectivity index (χ4n) is 1.20. The van der Waals surface area contributed by atoms with Gasteiger partial charge in [0, 0.05) is 6.42 Å². The molecule has 3 nitrogen and oxygen atoms in total. The van der Waals surface area contributed by atoms with Gasteiger partial charge in [-0.1, -0.05) is 0 Å². The fourth-order valence-corrected chi connectivity index (χ4v) is 1.20. The lowest BCUT2D eigenvalue weighted by Crippen LogP contribution is -2.36. The number of carbonyl (C=O) groups excluding carboxylic acids is 1. The largest absolute Gasteiger partial charge is 0.366 e. The Labute approximate surface area is 47.0 Å². The predicted octanol–water partition coefficient (Wildman–Crippen LogP) is -0.726. The fraction of sp³-hybridized carbons (Fsp3) is 0.800. The van der Waals surface area contributed by atoms with E-state index in [1.54, 1.807) is 0 Å². The van der Waals surface area contributed by atoms with Gasteiger partial charge >= 0.3 is 0 Å². The molecule has 0 aliphatic carbocycles. The molecular weight excluding hydrogens is 106 g/mol. The van der Waals surface area contributed by atoms with Crippen molar-refractivity contribution >= 4 is 5.91 Å². The minimum absolute atomic E-state index is 0.0706. The standard InChI is InChI=1S/C5H7NO2/c7-5-4-1-3(6-5)2-8-4/h3-4H,1-2H2,(H,6,7). The second-order valence-corrected chi connectivity index (χ2v) is 2.26. The average molecular weight is 113 g/mol. The second kappa shape index (κ2) is 1.23. The van der Waals surface area contributed by atoms with E-state index in [-0.39, 0.29) is 12.0 Å². The Hall–Kier alpha value is -0.570. The zero-order valence-corrected chi connectivity index (χ0v) is 4.39. The van der Waals surface area contributed by atoms with E-state index in [0.29, 0.717) is 6.04 Å². The first kappa shape index (κ1) is 4.32. The summed E-state index contributed by atoms with van der Waals surface area (Å²) in [5.74, 6) is 0.0706. The minimum Gasteiger partial charge on any atom is -0.366 e. The molecule has 2 heterocycles. The molecule has 0 aromatic carbocycles. The lowest BCUT2D eigenvalue weighted by Gasteiger charge is -2.09. The van der Waals surface area contributed by atoms with Crippen molar-refractivity contribution in [1.82, 2.24) is 5.32 Å². The van der Waals surface area contributed by atoms with Gasteiger partial charge in [-0.3, -0.25) is 4.79 Å². The molecule has 0 spiro atoms. The molecule has 1 N–H and O–H groups in total. The molecule has 2 saturated heterocycles. The van der Waals surface area contributed by atoms with E-state index in [2.05, 4.69) is 5.32 Å². The molecule has 3 heteroatoms. The molecular formula is C5H7NO2. The number of hydrogen-bond acceptors (Lipinski definition) is 2. The first-order valence-electron chi connectivity index (χ1n) is 2.78. The quantitative estimate of drug-likeness (QED) is 0.450. The van der Waals surface area contributed by atoms with Crippen molar-refractivity contribution in [2.75, 3.05) is 6.61 Å². The second-order valence-electron chi connectivity index (χ2n) is 2.26. The lowest BCUT2D eigenvalue weighted by atomic mass is 10.2. The van der Waals surface area contributed by atoms with Crippen LogP contribution < -0.4 is 5.32 Å². The maximum Gasteiger partial charge on any atom is 0.249 e. The molecule has 2 rings (SSSR count). The summed E-state index contributed by atoms with van der Waals surface area (Å²) in [6.45, 7) is 0.719. The summed E-state index contributed by atoms with van der Waals surface area (Å²) in [6, 6.07) is 0.326. The third-order valence-corrected chi connectivity index (χ3v) is 1.64.